The predicted molar refractivity (Wildman–Crippen MR) is 103 cm³/mol. The first-order valence-corrected chi connectivity index (χ1v) is 8.87. The number of carbonyl (C=O) groups excluding carboxylic acids is 1. The van der Waals surface area contributed by atoms with Crippen molar-refractivity contribution in [3.8, 4) is 11.3 Å². The molecule has 1 aromatic carbocycles. The van der Waals surface area contributed by atoms with Crippen LogP contribution in [0.2, 0.25) is 5.02 Å². The number of fused-ring (bicyclic) bond motifs is 3. The van der Waals surface area contributed by atoms with Crippen LogP contribution in [-0.2, 0) is 0 Å². The summed E-state index contributed by atoms with van der Waals surface area (Å²) in [6, 6.07) is 7.37. The highest BCUT2D eigenvalue weighted by Crippen LogP contribution is 2.30. The minimum atomic E-state index is -0.162. The number of aryl methyl sites for hydroxylation is 1. The summed E-state index contributed by atoms with van der Waals surface area (Å²) in [5.41, 5.74) is 4.79. The lowest BCUT2D eigenvalue weighted by Crippen LogP contribution is -2.24. The van der Waals surface area contributed by atoms with Crippen LogP contribution in [-0.4, -0.2) is 31.8 Å². The second-order valence-corrected chi connectivity index (χ2v) is 6.56. The molecule has 7 heteroatoms. The minimum absolute atomic E-state index is 0.162. The van der Waals surface area contributed by atoms with E-state index in [1.54, 1.807) is 18.3 Å². The average molecular weight is 368 g/mol. The molecule has 0 aliphatic carbocycles. The summed E-state index contributed by atoms with van der Waals surface area (Å²) in [6.45, 7) is 4.59. The standard InChI is InChI=1S/C19H18ClN5O/c1-3-7-22-19(26)13-5-4-12(9-14(13)20)17-16-10-23-18-15(6-8-21-18)25(16)11(2)24-17/h4-6,8-10,21H,3,7H2,1-2H3,(H,22,26). The second kappa shape index (κ2) is 6.46. The predicted octanol–water partition coefficient (Wildman–Crippen LogP) is 3.98. The van der Waals surface area contributed by atoms with Crippen molar-refractivity contribution in [1.82, 2.24) is 24.7 Å². The maximum atomic E-state index is 12.2. The van der Waals surface area contributed by atoms with Gasteiger partial charge in [-0.25, -0.2) is 9.97 Å². The van der Waals surface area contributed by atoms with Crippen molar-refractivity contribution in [3.05, 3.63) is 53.1 Å². The van der Waals surface area contributed by atoms with Gasteiger partial charge in [-0.2, -0.15) is 0 Å². The maximum absolute atomic E-state index is 12.2. The first-order chi connectivity index (χ1) is 12.6. The third-order valence-electron chi connectivity index (χ3n) is 4.36. The van der Waals surface area contributed by atoms with E-state index in [0.29, 0.717) is 17.1 Å². The van der Waals surface area contributed by atoms with Crippen LogP contribution in [0.4, 0.5) is 0 Å². The number of rotatable bonds is 4. The van der Waals surface area contributed by atoms with Gasteiger partial charge in [-0.3, -0.25) is 9.20 Å². The molecule has 3 aromatic heterocycles. The number of aromatic amines is 1. The summed E-state index contributed by atoms with van der Waals surface area (Å²) >= 11 is 6.37. The molecule has 3 heterocycles. The smallest absolute Gasteiger partial charge is 0.252 e. The van der Waals surface area contributed by atoms with Crippen molar-refractivity contribution in [2.24, 2.45) is 0 Å². The molecule has 0 saturated heterocycles. The topological polar surface area (TPSA) is 75.1 Å². The van der Waals surface area contributed by atoms with Gasteiger partial charge in [0.1, 0.15) is 5.82 Å². The molecule has 132 valence electrons. The van der Waals surface area contributed by atoms with Gasteiger partial charge in [0, 0.05) is 18.3 Å². The number of amides is 1. The molecular weight excluding hydrogens is 350 g/mol. The number of aromatic nitrogens is 4. The van der Waals surface area contributed by atoms with Crippen LogP contribution in [0.15, 0.2) is 36.7 Å². The largest absolute Gasteiger partial charge is 0.352 e. The zero-order valence-corrected chi connectivity index (χ0v) is 15.3. The fraction of sp³-hybridized carbons (Fsp3) is 0.211. The quantitative estimate of drug-likeness (QED) is 0.573. The van der Waals surface area contributed by atoms with Crippen molar-refractivity contribution in [1.29, 1.82) is 0 Å². The highest BCUT2D eigenvalue weighted by Gasteiger charge is 2.16. The molecule has 0 spiro atoms. The van der Waals surface area contributed by atoms with Crippen molar-refractivity contribution in [2.45, 2.75) is 20.3 Å². The third-order valence-corrected chi connectivity index (χ3v) is 4.68. The highest BCUT2D eigenvalue weighted by atomic mass is 35.5. The van der Waals surface area contributed by atoms with E-state index in [4.69, 9.17) is 16.6 Å². The Bertz CT molecular complexity index is 1130. The van der Waals surface area contributed by atoms with Gasteiger partial charge in [-0.1, -0.05) is 24.6 Å². The SMILES string of the molecule is CCCNC(=O)c1ccc(-c2nc(C)n3c2cnc2[nH]ccc23)cc1Cl. The van der Waals surface area contributed by atoms with Crippen LogP contribution in [0, 0.1) is 6.92 Å². The van der Waals surface area contributed by atoms with E-state index in [1.807, 2.05) is 32.2 Å². The van der Waals surface area contributed by atoms with E-state index < -0.39 is 0 Å². The van der Waals surface area contributed by atoms with E-state index >= 15 is 0 Å². The van der Waals surface area contributed by atoms with Crippen molar-refractivity contribution < 1.29 is 4.79 Å². The van der Waals surface area contributed by atoms with Gasteiger partial charge in [0.05, 0.1) is 33.5 Å². The van der Waals surface area contributed by atoms with Gasteiger partial charge >= 0.3 is 0 Å². The highest BCUT2D eigenvalue weighted by molar-refractivity contribution is 6.34. The Morgan fingerprint density at radius 2 is 2.15 bits per heavy atom. The third kappa shape index (κ3) is 2.63. The van der Waals surface area contributed by atoms with Gasteiger partial charge in [0.2, 0.25) is 0 Å². The summed E-state index contributed by atoms with van der Waals surface area (Å²) in [5, 5.41) is 3.25. The summed E-state index contributed by atoms with van der Waals surface area (Å²) in [7, 11) is 0. The number of nitrogens with zero attached hydrogens (tertiary/aromatic N) is 3. The molecular formula is C19H18ClN5O. The molecule has 4 aromatic rings. The van der Waals surface area contributed by atoms with E-state index in [1.165, 1.54) is 0 Å². The summed E-state index contributed by atoms with van der Waals surface area (Å²) < 4.78 is 2.06. The van der Waals surface area contributed by atoms with E-state index in [2.05, 4.69) is 19.7 Å². The van der Waals surface area contributed by atoms with Crippen molar-refractivity contribution in [3.63, 3.8) is 0 Å². The molecule has 4 rings (SSSR count). The maximum Gasteiger partial charge on any atom is 0.252 e. The van der Waals surface area contributed by atoms with Crippen LogP contribution >= 0.6 is 11.6 Å². The molecule has 0 fully saturated rings. The van der Waals surface area contributed by atoms with Crippen LogP contribution < -0.4 is 5.32 Å². The van der Waals surface area contributed by atoms with Gasteiger partial charge in [0.15, 0.2) is 5.65 Å². The summed E-state index contributed by atoms with van der Waals surface area (Å²) in [4.78, 5) is 24.4. The number of carbonyl (C=O) groups is 1. The van der Waals surface area contributed by atoms with Crippen molar-refractivity contribution >= 4 is 34.2 Å². The fourth-order valence-electron chi connectivity index (χ4n) is 3.13. The molecule has 0 atom stereocenters. The monoisotopic (exact) mass is 367 g/mol. The molecule has 6 nitrogen and oxygen atoms in total. The fourth-order valence-corrected chi connectivity index (χ4v) is 3.39. The van der Waals surface area contributed by atoms with E-state index in [9.17, 15) is 4.79 Å². The van der Waals surface area contributed by atoms with Crippen LogP contribution in [0.3, 0.4) is 0 Å². The number of H-pyrrole nitrogens is 1. The van der Waals surface area contributed by atoms with Crippen LogP contribution in [0.5, 0.6) is 0 Å². The Morgan fingerprint density at radius 1 is 1.31 bits per heavy atom. The second-order valence-electron chi connectivity index (χ2n) is 6.15. The first kappa shape index (κ1) is 16.6. The number of halogens is 1. The first-order valence-electron chi connectivity index (χ1n) is 8.49. The number of hydrogen-bond donors (Lipinski definition) is 2. The molecule has 0 aliphatic rings. The van der Waals surface area contributed by atoms with Gasteiger partial charge in [-0.05, 0) is 31.5 Å². The zero-order valence-electron chi connectivity index (χ0n) is 14.5. The Balaban J connectivity index is 1.81. The molecule has 26 heavy (non-hydrogen) atoms. The molecule has 0 bridgehead atoms. The normalized spacial score (nSPS) is 11.3. The molecule has 0 aliphatic heterocycles. The molecule has 1 amide bonds. The Kier molecular flexibility index (Phi) is 4.12. The number of benzene rings is 1. The molecule has 2 N–H and O–H groups in total. The summed E-state index contributed by atoms with van der Waals surface area (Å²) in [5.74, 6) is 0.702. The van der Waals surface area contributed by atoms with Gasteiger partial charge in [-0.15, -0.1) is 0 Å². The average Bonchev–Trinajstić information content (AvgIpc) is 3.23. The Hall–Kier alpha value is -2.86. The molecule has 0 radical (unpaired) electrons. The van der Waals surface area contributed by atoms with E-state index in [0.717, 1.165) is 40.2 Å². The lowest BCUT2D eigenvalue weighted by Gasteiger charge is -2.07. The van der Waals surface area contributed by atoms with Crippen LogP contribution in [0.25, 0.3) is 27.9 Å². The Labute approximate surface area is 155 Å². The molecule has 0 saturated carbocycles. The van der Waals surface area contributed by atoms with Crippen LogP contribution in [0.1, 0.15) is 29.5 Å². The lowest BCUT2D eigenvalue weighted by atomic mass is 10.1. The minimum Gasteiger partial charge on any atom is -0.352 e. The number of imidazole rings is 1. The number of hydrogen-bond acceptors (Lipinski definition) is 3. The van der Waals surface area contributed by atoms with E-state index in [-0.39, 0.29) is 5.91 Å². The Morgan fingerprint density at radius 3 is 2.92 bits per heavy atom. The van der Waals surface area contributed by atoms with Gasteiger partial charge < -0.3 is 10.3 Å². The molecule has 0 unspecified atom stereocenters. The summed E-state index contributed by atoms with van der Waals surface area (Å²) in [6.07, 6.45) is 4.53. The number of nitrogens with one attached hydrogen (secondary N) is 2. The lowest BCUT2D eigenvalue weighted by molar-refractivity contribution is 0.0954. The van der Waals surface area contributed by atoms with Gasteiger partial charge in [0.25, 0.3) is 5.91 Å². The zero-order chi connectivity index (χ0) is 18.3. The van der Waals surface area contributed by atoms with Crippen molar-refractivity contribution in [2.75, 3.05) is 6.54 Å².